The Bertz CT molecular complexity index is 578. The lowest BCUT2D eigenvalue weighted by Gasteiger charge is -2.16. The second kappa shape index (κ2) is 3.26. The number of furan rings is 1. The summed E-state index contributed by atoms with van der Waals surface area (Å²) in [6.07, 6.45) is 0.302. The van der Waals surface area contributed by atoms with E-state index in [2.05, 4.69) is 19.9 Å². The first-order valence-corrected chi connectivity index (χ1v) is 5.89. The van der Waals surface area contributed by atoms with Gasteiger partial charge in [0.15, 0.2) is 11.3 Å². The monoisotopic (exact) mass is 232 g/mol. The van der Waals surface area contributed by atoms with Gasteiger partial charge in [-0.1, -0.05) is 12.1 Å². The molecule has 90 valence electrons. The van der Waals surface area contributed by atoms with E-state index in [0.717, 1.165) is 23.1 Å². The summed E-state index contributed by atoms with van der Waals surface area (Å²) >= 11 is 0. The van der Waals surface area contributed by atoms with Gasteiger partial charge in [0.25, 0.3) is 0 Å². The van der Waals surface area contributed by atoms with Gasteiger partial charge in [-0.15, -0.1) is 0 Å². The number of rotatable bonds is 1. The summed E-state index contributed by atoms with van der Waals surface area (Å²) in [4.78, 5) is 0. The Morgan fingerprint density at radius 3 is 2.82 bits per heavy atom. The minimum atomic E-state index is -0.590. The second-order valence-electron chi connectivity index (χ2n) is 5.34. The van der Waals surface area contributed by atoms with Crippen molar-refractivity contribution in [2.24, 2.45) is 0 Å². The van der Waals surface area contributed by atoms with E-state index in [1.54, 1.807) is 6.92 Å². The SMILES string of the molecule is CC(O)c1cc2ccc3c(c2o1)OC(C)(C)C3. The van der Waals surface area contributed by atoms with Crippen molar-refractivity contribution in [2.45, 2.75) is 38.9 Å². The number of aliphatic hydroxyl groups is 1. The van der Waals surface area contributed by atoms with E-state index in [-0.39, 0.29) is 5.60 Å². The van der Waals surface area contributed by atoms with Crippen LogP contribution in [0.15, 0.2) is 22.6 Å². The number of aliphatic hydroxyl groups excluding tert-OH is 1. The molecule has 0 fully saturated rings. The summed E-state index contributed by atoms with van der Waals surface area (Å²) < 4.78 is 11.6. The topological polar surface area (TPSA) is 42.6 Å². The fourth-order valence-electron chi connectivity index (χ4n) is 2.37. The van der Waals surface area contributed by atoms with Crippen LogP contribution in [0.3, 0.4) is 0 Å². The van der Waals surface area contributed by atoms with Gasteiger partial charge in [0.1, 0.15) is 17.5 Å². The van der Waals surface area contributed by atoms with Crippen molar-refractivity contribution in [1.82, 2.24) is 0 Å². The molecular formula is C14H16O3. The van der Waals surface area contributed by atoms with Gasteiger partial charge in [0.05, 0.1) is 0 Å². The Balaban J connectivity index is 2.20. The highest BCUT2D eigenvalue weighted by Crippen LogP contribution is 2.42. The molecule has 1 aliphatic rings. The van der Waals surface area contributed by atoms with E-state index in [0.29, 0.717) is 5.76 Å². The summed E-state index contributed by atoms with van der Waals surface area (Å²) in [5.41, 5.74) is 1.76. The van der Waals surface area contributed by atoms with Crippen LogP contribution in [0.4, 0.5) is 0 Å². The van der Waals surface area contributed by atoms with Crippen molar-refractivity contribution in [3.8, 4) is 5.75 Å². The van der Waals surface area contributed by atoms with Gasteiger partial charge in [0.2, 0.25) is 0 Å². The lowest BCUT2D eigenvalue weighted by molar-refractivity contribution is 0.137. The molecule has 0 radical (unpaired) electrons. The molecule has 0 spiro atoms. The molecule has 0 bridgehead atoms. The van der Waals surface area contributed by atoms with Gasteiger partial charge in [-0.25, -0.2) is 0 Å². The van der Waals surface area contributed by atoms with Gasteiger partial charge < -0.3 is 14.3 Å². The minimum Gasteiger partial charge on any atom is -0.483 e. The van der Waals surface area contributed by atoms with Crippen molar-refractivity contribution in [3.63, 3.8) is 0 Å². The summed E-state index contributed by atoms with van der Waals surface area (Å²) in [6.45, 7) is 5.83. The Morgan fingerprint density at radius 2 is 2.12 bits per heavy atom. The van der Waals surface area contributed by atoms with E-state index in [4.69, 9.17) is 9.15 Å². The van der Waals surface area contributed by atoms with Crippen molar-refractivity contribution < 1.29 is 14.3 Å². The van der Waals surface area contributed by atoms with Crippen LogP contribution in [0, 0.1) is 0 Å². The maximum absolute atomic E-state index is 9.54. The Labute approximate surface area is 100.0 Å². The predicted octanol–water partition coefficient (Wildman–Crippen LogP) is 3.20. The van der Waals surface area contributed by atoms with E-state index >= 15 is 0 Å². The van der Waals surface area contributed by atoms with Gasteiger partial charge in [-0.05, 0) is 26.8 Å². The molecule has 1 aliphatic heterocycles. The molecule has 1 unspecified atom stereocenters. The van der Waals surface area contributed by atoms with E-state index in [9.17, 15) is 5.11 Å². The summed E-state index contributed by atoms with van der Waals surface area (Å²) in [7, 11) is 0. The van der Waals surface area contributed by atoms with Crippen LogP contribution in [0.5, 0.6) is 5.75 Å². The molecule has 1 aromatic heterocycles. The zero-order valence-corrected chi connectivity index (χ0v) is 10.3. The third-order valence-electron chi connectivity index (χ3n) is 3.15. The smallest absolute Gasteiger partial charge is 0.176 e. The second-order valence-corrected chi connectivity index (χ2v) is 5.34. The summed E-state index contributed by atoms with van der Waals surface area (Å²) in [5.74, 6) is 1.42. The summed E-state index contributed by atoms with van der Waals surface area (Å²) in [5, 5.41) is 10.5. The zero-order chi connectivity index (χ0) is 12.2. The molecule has 0 saturated heterocycles. The molecule has 3 rings (SSSR count). The maximum Gasteiger partial charge on any atom is 0.176 e. The fourth-order valence-corrected chi connectivity index (χ4v) is 2.37. The lowest BCUT2D eigenvalue weighted by Crippen LogP contribution is -2.24. The maximum atomic E-state index is 9.54. The van der Waals surface area contributed by atoms with Crippen LogP contribution in [-0.4, -0.2) is 10.7 Å². The number of ether oxygens (including phenoxy) is 1. The third-order valence-corrected chi connectivity index (χ3v) is 3.15. The Hall–Kier alpha value is -1.48. The highest BCUT2D eigenvalue weighted by molar-refractivity contribution is 5.86. The molecule has 0 saturated carbocycles. The molecule has 2 aromatic rings. The quantitative estimate of drug-likeness (QED) is 0.821. The van der Waals surface area contributed by atoms with E-state index < -0.39 is 6.10 Å². The Morgan fingerprint density at radius 1 is 1.35 bits per heavy atom. The van der Waals surface area contributed by atoms with Crippen LogP contribution in [0.1, 0.15) is 38.2 Å². The molecule has 1 N–H and O–H groups in total. The first-order valence-electron chi connectivity index (χ1n) is 5.89. The number of hydrogen-bond donors (Lipinski definition) is 1. The van der Waals surface area contributed by atoms with Crippen molar-refractivity contribution in [1.29, 1.82) is 0 Å². The van der Waals surface area contributed by atoms with Crippen molar-refractivity contribution >= 4 is 11.0 Å². The highest BCUT2D eigenvalue weighted by atomic mass is 16.5. The van der Waals surface area contributed by atoms with Gasteiger partial charge >= 0.3 is 0 Å². The largest absolute Gasteiger partial charge is 0.483 e. The van der Waals surface area contributed by atoms with Crippen LogP contribution in [0.25, 0.3) is 11.0 Å². The van der Waals surface area contributed by atoms with E-state index in [1.807, 2.05) is 12.1 Å². The van der Waals surface area contributed by atoms with Crippen LogP contribution >= 0.6 is 0 Å². The average molecular weight is 232 g/mol. The molecule has 3 heteroatoms. The van der Waals surface area contributed by atoms with Crippen LogP contribution in [0.2, 0.25) is 0 Å². The number of benzene rings is 1. The average Bonchev–Trinajstić information content (AvgIpc) is 2.75. The molecule has 17 heavy (non-hydrogen) atoms. The lowest BCUT2D eigenvalue weighted by atomic mass is 10.0. The summed E-state index contributed by atoms with van der Waals surface area (Å²) in [6, 6.07) is 5.97. The van der Waals surface area contributed by atoms with Gasteiger partial charge in [-0.2, -0.15) is 0 Å². The number of fused-ring (bicyclic) bond motifs is 3. The first-order chi connectivity index (χ1) is 7.96. The third kappa shape index (κ3) is 1.62. The normalized spacial score (nSPS) is 19.1. The molecular weight excluding hydrogens is 216 g/mol. The molecule has 0 aliphatic carbocycles. The van der Waals surface area contributed by atoms with E-state index in [1.165, 1.54) is 5.56 Å². The minimum absolute atomic E-state index is 0.172. The Kier molecular flexibility index (Phi) is 2.05. The van der Waals surface area contributed by atoms with Crippen LogP contribution < -0.4 is 4.74 Å². The van der Waals surface area contributed by atoms with Gasteiger partial charge in [-0.3, -0.25) is 0 Å². The van der Waals surface area contributed by atoms with Gasteiger partial charge in [0, 0.05) is 17.4 Å². The van der Waals surface area contributed by atoms with Crippen LogP contribution in [-0.2, 0) is 6.42 Å². The molecule has 1 atom stereocenters. The molecule has 3 nitrogen and oxygen atoms in total. The first kappa shape index (κ1) is 10.7. The molecule has 1 aromatic carbocycles. The van der Waals surface area contributed by atoms with Crippen molar-refractivity contribution in [2.75, 3.05) is 0 Å². The highest BCUT2D eigenvalue weighted by Gasteiger charge is 2.32. The standard InChI is InChI=1S/C14H16O3/c1-8(15)11-6-9-4-5-10-7-14(2,3)17-13(10)12(9)16-11/h4-6,8,15H,7H2,1-3H3. The molecule has 2 heterocycles. The predicted molar refractivity (Wildman–Crippen MR) is 65.3 cm³/mol. The number of hydrogen-bond acceptors (Lipinski definition) is 3. The zero-order valence-electron chi connectivity index (χ0n) is 10.3. The molecule has 0 amide bonds. The van der Waals surface area contributed by atoms with Crippen molar-refractivity contribution in [3.05, 3.63) is 29.5 Å². The fraction of sp³-hybridized carbons (Fsp3) is 0.429.